The van der Waals surface area contributed by atoms with E-state index in [0.717, 1.165) is 36.5 Å². The van der Waals surface area contributed by atoms with Crippen molar-refractivity contribution < 1.29 is 26.7 Å². The number of thiazole rings is 1. The fourth-order valence-corrected chi connectivity index (χ4v) is 8.04. The molecule has 3 N–H and O–H groups in total. The molecule has 236 valence electrons. The molecule has 2 unspecified atom stereocenters. The first kappa shape index (κ1) is 31.5. The highest BCUT2D eigenvalue weighted by Crippen LogP contribution is 2.36. The van der Waals surface area contributed by atoms with E-state index in [1.165, 1.54) is 35.6 Å². The van der Waals surface area contributed by atoms with Crippen LogP contribution < -0.4 is 10.0 Å². The molecule has 0 radical (unpaired) electrons. The molecular formula is C34H34F3N3O3S2. The number of hydrogen-bond donors (Lipinski definition) is 3. The van der Waals surface area contributed by atoms with Gasteiger partial charge >= 0.3 is 6.18 Å². The summed E-state index contributed by atoms with van der Waals surface area (Å²) in [6.07, 6.45) is 8.42. The highest BCUT2D eigenvalue weighted by Gasteiger charge is 2.34. The van der Waals surface area contributed by atoms with Crippen LogP contribution in [0, 0.1) is 5.92 Å². The number of aliphatic hydroxyl groups is 1. The van der Waals surface area contributed by atoms with Crippen molar-refractivity contribution >= 4 is 21.4 Å². The van der Waals surface area contributed by atoms with Gasteiger partial charge in [-0.05, 0) is 61.8 Å². The van der Waals surface area contributed by atoms with Gasteiger partial charge in [-0.2, -0.15) is 13.2 Å². The third-order valence-electron chi connectivity index (χ3n) is 8.57. The number of aliphatic hydroxyl groups excluding tert-OH is 1. The van der Waals surface area contributed by atoms with Gasteiger partial charge in [0.15, 0.2) is 0 Å². The van der Waals surface area contributed by atoms with Gasteiger partial charge in [0, 0.05) is 34.6 Å². The van der Waals surface area contributed by atoms with Gasteiger partial charge in [-0.25, -0.2) is 13.4 Å². The molecule has 2 heterocycles. The van der Waals surface area contributed by atoms with Crippen molar-refractivity contribution in [2.45, 2.75) is 67.3 Å². The Balaban J connectivity index is 1.00. The SMILES string of the molecule is O=S(=O)(NC1=CCC(C[C@@H]2CC[C@H]([C@H](O)c3ccccc3)N2)C=C1)c1ccc(-c2nc(C3C=CC(C(F)(F)F)=CC3)cs2)cc1. The Labute approximate surface area is 265 Å². The second-order valence-corrected chi connectivity index (χ2v) is 14.3. The Morgan fingerprint density at radius 2 is 1.78 bits per heavy atom. The lowest BCUT2D eigenvalue weighted by molar-refractivity contribution is -0.0886. The van der Waals surface area contributed by atoms with Crippen molar-refractivity contribution in [3.8, 4) is 10.6 Å². The number of benzene rings is 2. The highest BCUT2D eigenvalue weighted by molar-refractivity contribution is 7.89. The molecule has 2 aliphatic carbocycles. The van der Waals surface area contributed by atoms with Crippen molar-refractivity contribution in [1.82, 2.24) is 15.0 Å². The third kappa shape index (κ3) is 7.49. The molecule has 1 saturated heterocycles. The third-order valence-corrected chi connectivity index (χ3v) is 10.9. The molecule has 1 aliphatic heterocycles. The van der Waals surface area contributed by atoms with Crippen LogP contribution in [-0.2, 0) is 10.0 Å². The minimum atomic E-state index is -4.36. The minimum Gasteiger partial charge on any atom is -0.387 e. The summed E-state index contributed by atoms with van der Waals surface area (Å²) < 4.78 is 67.6. The van der Waals surface area contributed by atoms with E-state index in [-0.39, 0.29) is 29.2 Å². The zero-order valence-electron chi connectivity index (χ0n) is 24.3. The van der Waals surface area contributed by atoms with E-state index >= 15 is 0 Å². The second-order valence-electron chi connectivity index (χ2n) is 11.7. The summed E-state index contributed by atoms with van der Waals surface area (Å²) in [6.45, 7) is 0. The van der Waals surface area contributed by atoms with Crippen molar-refractivity contribution in [3.05, 3.63) is 119 Å². The molecule has 3 aliphatic rings. The van der Waals surface area contributed by atoms with Crippen molar-refractivity contribution in [1.29, 1.82) is 0 Å². The predicted octanol–water partition coefficient (Wildman–Crippen LogP) is 7.32. The molecule has 0 spiro atoms. The standard InChI is InChI=1S/C34H34F3N3O3S2/c35-34(36,37)26-12-8-23(9-13-26)31-21-44-33(39-31)25-10-17-29(18-11-25)45(42,43)40-27-14-6-22(7-15-27)20-28-16-19-30(38-28)32(41)24-4-2-1-3-5-24/h1-6,8,10-15,17-18,21-23,28,30,32,38,40-41H,7,9,16,19-20H2/t22?,23?,28-,30+,32+/m0/s1. The molecule has 5 atom stereocenters. The number of halogens is 3. The molecule has 45 heavy (non-hydrogen) atoms. The van der Waals surface area contributed by atoms with Gasteiger partial charge in [0.1, 0.15) is 5.01 Å². The van der Waals surface area contributed by atoms with E-state index in [0.29, 0.717) is 28.9 Å². The summed E-state index contributed by atoms with van der Waals surface area (Å²) >= 11 is 1.37. The number of sulfonamides is 1. The maximum absolute atomic E-state index is 13.1. The average Bonchev–Trinajstić information content (AvgIpc) is 3.72. The van der Waals surface area contributed by atoms with E-state index in [9.17, 15) is 26.7 Å². The van der Waals surface area contributed by atoms with Gasteiger partial charge in [-0.15, -0.1) is 11.3 Å². The van der Waals surface area contributed by atoms with Gasteiger partial charge < -0.3 is 10.4 Å². The fourth-order valence-electron chi connectivity index (χ4n) is 6.08. The Morgan fingerprint density at radius 1 is 1.00 bits per heavy atom. The summed E-state index contributed by atoms with van der Waals surface area (Å²) in [4.78, 5) is 4.73. The number of hydrogen-bond acceptors (Lipinski definition) is 6. The lowest BCUT2D eigenvalue weighted by Crippen LogP contribution is -2.35. The molecule has 1 aromatic heterocycles. The van der Waals surface area contributed by atoms with Crippen LogP contribution in [0.15, 0.2) is 113 Å². The first-order chi connectivity index (χ1) is 21.5. The first-order valence-electron chi connectivity index (χ1n) is 15.0. The number of nitrogens with one attached hydrogen (secondary N) is 2. The second kappa shape index (κ2) is 13.1. The molecule has 6 rings (SSSR count). The summed E-state index contributed by atoms with van der Waals surface area (Å²) in [6, 6.07) is 16.4. The van der Waals surface area contributed by atoms with Gasteiger partial charge in [-0.1, -0.05) is 72.8 Å². The van der Waals surface area contributed by atoms with Crippen molar-refractivity contribution in [2.24, 2.45) is 5.92 Å². The molecule has 6 nitrogen and oxygen atoms in total. The molecule has 0 amide bonds. The smallest absolute Gasteiger partial charge is 0.387 e. The Morgan fingerprint density at radius 3 is 2.44 bits per heavy atom. The number of nitrogens with zero attached hydrogens (tertiary/aromatic N) is 1. The van der Waals surface area contributed by atoms with E-state index in [1.807, 2.05) is 53.9 Å². The van der Waals surface area contributed by atoms with Crippen molar-refractivity contribution in [3.63, 3.8) is 0 Å². The molecule has 0 bridgehead atoms. The van der Waals surface area contributed by atoms with Gasteiger partial charge in [0.2, 0.25) is 0 Å². The Hall–Kier alpha value is -3.51. The van der Waals surface area contributed by atoms with Crippen molar-refractivity contribution in [2.75, 3.05) is 0 Å². The van der Waals surface area contributed by atoms with Crippen LogP contribution in [0.25, 0.3) is 10.6 Å². The predicted molar refractivity (Wildman–Crippen MR) is 170 cm³/mol. The van der Waals surface area contributed by atoms with E-state index < -0.39 is 27.9 Å². The van der Waals surface area contributed by atoms with Gasteiger partial charge in [0.05, 0.1) is 22.3 Å². The Bertz CT molecular complexity index is 1730. The van der Waals surface area contributed by atoms with Crippen LogP contribution in [0.4, 0.5) is 13.2 Å². The monoisotopic (exact) mass is 653 g/mol. The number of rotatable bonds is 9. The topological polar surface area (TPSA) is 91.3 Å². The first-order valence-corrected chi connectivity index (χ1v) is 17.3. The molecule has 2 aromatic carbocycles. The van der Waals surface area contributed by atoms with Crippen LogP contribution in [0.1, 0.15) is 55.4 Å². The summed E-state index contributed by atoms with van der Waals surface area (Å²) in [5.41, 5.74) is 2.22. The maximum Gasteiger partial charge on any atom is 0.416 e. The number of allylic oxidation sites excluding steroid dienone is 7. The van der Waals surface area contributed by atoms with Gasteiger partial charge in [0.25, 0.3) is 10.0 Å². The quantitative estimate of drug-likeness (QED) is 0.225. The largest absolute Gasteiger partial charge is 0.416 e. The van der Waals surface area contributed by atoms with E-state index in [4.69, 9.17) is 0 Å². The Kier molecular flexibility index (Phi) is 9.15. The molecule has 0 saturated carbocycles. The van der Waals surface area contributed by atoms with Gasteiger partial charge in [-0.3, -0.25) is 4.72 Å². The highest BCUT2D eigenvalue weighted by atomic mass is 32.2. The number of aromatic nitrogens is 1. The van der Waals surface area contributed by atoms with Crippen LogP contribution in [0.3, 0.4) is 0 Å². The summed E-state index contributed by atoms with van der Waals surface area (Å²) in [5.74, 6) is 0.0397. The summed E-state index contributed by atoms with van der Waals surface area (Å²) in [7, 11) is -3.81. The molecule has 1 fully saturated rings. The van der Waals surface area contributed by atoms with Crippen LogP contribution in [-0.4, -0.2) is 36.8 Å². The number of alkyl halides is 3. The zero-order chi connectivity index (χ0) is 31.6. The van der Waals surface area contributed by atoms with E-state index in [2.05, 4.69) is 15.0 Å². The molecule has 3 aromatic rings. The lowest BCUT2D eigenvalue weighted by Gasteiger charge is -2.23. The fraction of sp³-hybridized carbons (Fsp3) is 0.324. The average molecular weight is 654 g/mol. The maximum atomic E-state index is 13.1. The normalized spacial score (nSPS) is 24.3. The van der Waals surface area contributed by atoms with Crippen LogP contribution in [0.5, 0.6) is 0 Å². The van der Waals surface area contributed by atoms with Crippen LogP contribution in [0.2, 0.25) is 0 Å². The van der Waals surface area contributed by atoms with E-state index in [1.54, 1.807) is 12.1 Å². The molecule has 11 heteroatoms. The molecular weight excluding hydrogens is 620 g/mol. The van der Waals surface area contributed by atoms with Crippen LogP contribution >= 0.6 is 11.3 Å². The minimum absolute atomic E-state index is 0.0218. The lowest BCUT2D eigenvalue weighted by atomic mass is 9.92. The summed E-state index contributed by atoms with van der Waals surface area (Å²) in [5, 5.41) is 16.8. The zero-order valence-corrected chi connectivity index (χ0v) is 26.0.